The van der Waals surface area contributed by atoms with Gasteiger partial charge < -0.3 is 5.32 Å². The Morgan fingerprint density at radius 2 is 2.08 bits per heavy atom. The van der Waals surface area contributed by atoms with Crippen LogP contribution < -0.4 is 5.32 Å². The van der Waals surface area contributed by atoms with Crippen molar-refractivity contribution in [3.05, 3.63) is 59.4 Å². The monoisotopic (exact) mass is 344 g/mol. The number of nitrogens with one attached hydrogen (secondary N) is 1. The fraction of sp³-hybridized carbons (Fsp3) is 0.250. The number of carbonyl (C=O) groups excluding carboxylic acids is 1. The molecule has 2 aromatic heterocycles. The quantitative estimate of drug-likeness (QED) is 0.770. The summed E-state index contributed by atoms with van der Waals surface area (Å²) < 4.78 is 3.34. The molecule has 0 aliphatic carbocycles. The average Bonchev–Trinajstić information content (AvgIpc) is 3.17. The van der Waals surface area contributed by atoms with Gasteiger partial charge >= 0.3 is 0 Å². The van der Waals surface area contributed by atoms with Crippen LogP contribution in [0.25, 0.3) is 5.69 Å². The van der Waals surface area contributed by atoms with Crippen LogP contribution in [0.4, 0.5) is 0 Å². The van der Waals surface area contributed by atoms with E-state index in [1.54, 1.807) is 34.0 Å². The Morgan fingerprint density at radius 1 is 1.33 bits per heavy atom. The molecule has 7 nitrogen and oxygen atoms in total. The van der Waals surface area contributed by atoms with Gasteiger partial charge in [0, 0.05) is 17.3 Å². The second kappa shape index (κ2) is 6.84. The minimum atomic E-state index is -0.166. The predicted molar refractivity (Wildman–Crippen MR) is 90.3 cm³/mol. The van der Waals surface area contributed by atoms with Gasteiger partial charge in [-0.25, -0.2) is 9.67 Å². The normalized spacial score (nSPS) is 12.1. The van der Waals surface area contributed by atoms with Crippen LogP contribution in [0.15, 0.2) is 43.1 Å². The van der Waals surface area contributed by atoms with Crippen LogP contribution in [0.2, 0.25) is 5.02 Å². The van der Waals surface area contributed by atoms with Crippen LogP contribution in [0.1, 0.15) is 23.0 Å². The Balaban J connectivity index is 1.72. The zero-order chi connectivity index (χ0) is 17.1. The van der Waals surface area contributed by atoms with Crippen molar-refractivity contribution in [3.63, 3.8) is 0 Å². The summed E-state index contributed by atoms with van der Waals surface area (Å²) >= 11 is 5.90. The fourth-order valence-electron chi connectivity index (χ4n) is 2.36. The highest BCUT2D eigenvalue weighted by Gasteiger charge is 2.16. The zero-order valence-corrected chi connectivity index (χ0v) is 14.1. The first-order chi connectivity index (χ1) is 11.5. The summed E-state index contributed by atoms with van der Waals surface area (Å²) in [5, 5.41) is 12.0. The highest BCUT2D eigenvalue weighted by Crippen LogP contribution is 2.15. The molecule has 3 aromatic rings. The molecule has 0 unspecified atom stereocenters. The lowest BCUT2D eigenvalue weighted by Crippen LogP contribution is -2.36. The Bertz CT molecular complexity index is 825. The number of nitrogens with zero attached hydrogens (tertiary/aromatic N) is 5. The average molecular weight is 345 g/mol. The molecule has 0 aliphatic heterocycles. The molecule has 124 valence electrons. The number of rotatable bonds is 5. The first kappa shape index (κ1) is 16.2. The molecule has 1 amide bonds. The Labute approximate surface area is 144 Å². The molecule has 3 rings (SSSR count). The molecular formula is C16H17ClN6O. The second-order valence-corrected chi connectivity index (χ2v) is 5.98. The number of aromatic nitrogens is 5. The lowest BCUT2D eigenvalue weighted by molar-refractivity contribution is 0.0935. The zero-order valence-electron chi connectivity index (χ0n) is 13.3. The van der Waals surface area contributed by atoms with Gasteiger partial charge in [0.15, 0.2) is 0 Å². The lowest BCUT2D eigenvalue weighted by atomic mass is 10.2. The molecule has 0 saturated heterocycles. The van der Waals surface area contributed by atoms with Gasteiger partial charge in [0.2, 0.25) is 0 Å². The van der Waals surface area contributed by atoms with E-state index in [0.717, 1.165) is 5.69 Å². The molecule has 1 aromatic carbocycles. The third-order valence-corrected chi connectivity index (χ3v) is 3.79. The second-order valence-electron chi connectivity index (χ2n) is 5.54. The van der Waals surface area contributed by atoms with Crippen LogP contribution in [-0.4, -0.2) is 36.5 Å². The highest BCUT2D eigenvalue weighted by molar-refractivity contribution is 6.30. The number of amides is 1. The Morgan fingerprint density at radius 3 is 2.75 bits per heavy atom. The maximum atomic E-state index is 12.5. The summed E-state index contributed by atoms with van der Waals surface area (Å²) in [6.07, 6.45) is 4.80. The van der Waals surface area contributed by atoms with Crippen LogP contribution in [0, 0.1) is 6.92 Å². The van der Waals surface area contributed by atoms with E-state index in [9.17, 15) is 4.79 Å². The van der Waals surface area contributed by atoms with Crippen LogP contribution in [-0.2, 0) is 6.54 Å². The molecule has 0 bridgehead atoms. The van der Waals surface area contributed by atoms with Crippen molar-refractivity contribution in [1.29, 1.82) is 0 Å². The molecule has 1 atom stereocenters. The van der Waals surface area contributed by atoms with Crippen molar-refractivity contribution in [2.24, 2.45) is 0 Å². The number of hydrogen-bond acceptors (Lipinski definition) is 4. The van der Waals surface area contributed by atoms with E-state index in [1.807, 2.05) is 26.0 Å². The van der Waals surface area contributed by atoms with Gasteiger partial charge in [0.05, 0.1) is 23.5 Å². The lowest BCUT2D eigenvalue weighted by Gasteiger charge is -2.13. The number of aryl methyl sites for hydroxylation is 1. The van der Waals surface area contributed by atoms with Gasteiger partial charge in [0.25, 0.3) is 5.91 Å². The van der Waals surface area contributed by atoms with Gasteiger partial charge in [-0.15, -0.1) is 0 Å². The number of carbonyl (C=O) groups is 1. The van der Waals surface area contributed by atoms with E-state index < -0.39 is 0 Å². The van der Waals surface area contributed by atoms with E-state index in [1.165, 1.54) is 6.33 Å². The molecular weight excluding hydrogens is 328 g/mol. The van der Waals surface area contributed by atoms with Crippen LogP contribution >= 0.6 is 11.6 Å². The Kier molecular flexibility index (Phi) is 4.61. The van der Waals surface area contributed by atoms with Crippen LogP contribution in [0.5, 0.6) is 0 Å². The molecule has 1 N–H and O–H groups in total. The van der Waals surface area contributed by atoms with Crippen molar-refractivity contribution in [3.8, 4) is 5.69 Å². The van der Waals surface area contributed by atoms with Crippen LogP contribution in [0.3, 0.4) is 0 Å². The Hall–Kier alpha value is -2.67. The van der Waals surface area contributed by atoms with Crippen molar-refractivity contribution < 1.29 is 4.79 Å². The first-order valence-corrected chi connectivity index (χ1v) is 7.86. The van der Waals surface area contributed by atoms with Crippen molar-refractivity contribution in [1.82, 2.24) is 29.9 Å². The molecule has 0 aliphatic rings. The van der Waals surface area contributed by atoms with Gasteiger partial charge in [-0.1, -0.05) is 11.6 Å². The summed E-state index contributed by atoms with van der Waals surface area (Å²) in [6, 6.07) is 7.19. The summed E-state index contributed by atoms with van der Waals surface area (Å²) in [5.41, 5.74) is 2.04. The summed E-state index contributed by atoms with van der Waals surface area (Å²) in [6.45, 7) is 4.28. The fourth-order valence-corrected chi connectivity index (χ4v) is 2.49. The molecule has 8 heteroatoms. The van der Waals surface area contributed by atoms with Gasteiger partial charge in [-0.3, -0.25) is 9.48 Å². The predicted octanol–water partition coefficient (Wildman–Crippen LogP) is 2.24. The molecule has 0 saturated carbocycles. The van der Waals surface area contributed by atoms with E-state index in [2.05, 4.69) is 20.5 Å². The topological polar surface area (TPSA) is 77.6 Å². The van der Waals surface area contributed by atoms with Crippen molar-refractivity contribution in [2.75, 3.05) is 0 Å². The van der Waals surface area contributed by atoms with Gasteiger partial charge in [-0.2, -0.15) is 10.2 Å². The molecule has 24 heavy (non-hydrogen) atoms. The summed E-state index contributed by atoms with van der Waals surface area (Å²) in [4.78, 5) is 16.4. The van der Waals surface area contributed by atoms with E-state index >= 15 is 0 Å². The van der Waals surface area contributed by atoms with Gasteiger partial charge in [-0.05, 0) is 38.1 Å². The van der Waals surface area contributed by atoms with E-state index in [0.29, 0.717) is 22.8 Å². The number of halogens is 1. The minimum absolute atomic E-state index is 0.0857. The largest absolute Gasteiger partial charge is 0.348 e. The summed E-state index contributed by atoms with van der Waals surface area (Å²) in [7, 11) is 0. The molecule has 0 radical (unpaired) electrons. The smallest absolute Gasteiger partial charge is 0.255 e. The van der Waals surface area contributed by atoms with E-state index in [-0.39, 0.29) is 11.9 Å². The highest BCUT2D eigenvalue weighted by atomic mass is 35.5. The summed E-state index contributed by atoms with van der Waals surface area (Å²) in [5.74, 6) is -0.166. The third kappa shape index (κ3) is 3.62. The molecule has 0 spiro atoms. The van der Waals surface area contributed by atoms with E-state index in [4.69, 9.17) is 11.6 Å². The third-order valence-electron chi connectivity index (χ3n) is 3.54. The maximum Gasteiger partial charge on any atom is 0.255 e. The number of hydrogen-bond donors (Lipinski definition) is 1. The number of benzene rings is 1. The molecule has 2 heterocycles. The maximum absolute atomic E-state index is 12.5. The molecule has 0 fully saturated rings. The standard InChI is InChI=1S/C16H17ClN6O/c1-11(7-22-10-18-9-19-22)20-16(24)15-8-23(21-12(15)2)14-5-3-13(17)4-6-14/h3-6,8-11H,7H2,1-2H3,(H,20,24)/t11-/m0/s1. The first-order valence-electron chi connectivity index (χ1n) is 7.48. The van der Waals surface area contributed by atoms with Gasteiger partial charge in [0.1, 0.15) is 12.7 Å². The SMILES string of the molecule is Cc1nn(-c2ccc(Cl)cc2)cc1C(=O)N[C@@H](C)Cn1cncn1. The minimum Gasteiger partial charge on any atom is -0.348 e. The van der Waals surface area contributed by atoms with Crippen molar-refractivity contribution in [2.45, 2.75) is 26.4 Å². The van der Waals surface area contributed by atoms with Crippen molar-refractivity contribution >= 4 is 17.5 Å².